The highest BCUT2D eigenvalue weighted by molar-refractivity contribution is 6.32. The number of ether oxygens (including phenoxy) is 2. The maximum Gasteiger partial charge on any atom is 0.425 e. The first-order valence-electron chi connectivity index (χ1n) is 9.30. The number of esters is 1. The standard InChI is InChI=1S/C20H17ClF3N3O5/c1-3-30-18-15(8-25-9-27-18)17(28)26-7-13-5-11-4-12(21)6-14(16(11)32-13)19(29)31-10(2)20(22,23)24/h4-6,8-10H,3,7H2,1-2H3,(H,26,28)/t10-/m1/s1. The van der Waals surface area contributed by atoms with E-state index in [1.807, 2.05) is 0 Å². The third-order valence-electron chi connectivity index (χ3n) is 4.22. The van der Waals surface area contributed by atoms with E-state index in [1.165, 1.54) is 24.7 Å². The summed E-state index contributed by atoms with van der Waals surface area (Å²) in [6.45, 7) is 2.65. The summed E-state index contributed by atoms with van der Waals surface area (Å²) >= 11 is 5.99. The number of halogens is 4. The molecular formula is C20H17ClF3N3O5. The normalized spacial score (nSPS) is 12.4. The van der Waals surface area contributed by atoms with E-state index in [0.717, 1.165) is 6.07 Å². The predicted molar refractivity (Wildman–Crippen MR) is 107 cm³/mol. The Bertz CT molecular complexity index is 1150. The number of nitrogens with zero attached hydrogens (tertiary/aromatic N) is 2. The molecule has 0 unspecified atom stereocenters. The molecule has 1 amide bonds. The van der Waals surface area contributed by atoms with Crippen molar-refractivity contribution < 1.29 is 36.7 Å². The smallest absolute Gasteiger partial charge is 0.425 e. The molecule has 0 aliphatic heterocycles. The van der Waals surface area contributed by atoms with Crippen LogP contribution in [0.15, 0.2) is 35.1 Å². The van der Waals surface area contributed by atoms with Crippen molar-refractivity contribution in [1.29, 1.82) is 0 Å². The van der Waals surface area contributed by atoms with Crippen LogP contribution in [0.3, 0.4) is 0 Å². The lowest BCUT2D eigenvalue weighted by molar-refractivity contribution is -0.198. The van der Waals surface area contributed by atoms with Gasteiger partial charge >= 0.3 is 12.1 Å². The maximum atomic E-state index is 12.7. The van der Waals surface area contributed by atoms with Crippen LogP contribution in [0.2, 0.25) is 5.02 Å². The van der Waals surface area contributed by atoms with E-state index in [-0.39, 0.29) is 39.9 Å². The highest BCUT2D eigenvalue weighted by Crippen LogP contribution is 2.30. The number of aromatic nitrogens is 2. The first kappa shape index (κ1) is 23.3. The molecule has 0 fully saturated rings. The van der Waals surface area contributed by atoms with Gasteiger partial charge in [0.05, 0.1) is 13.2 Å². The molecule has 0 aliphatic rings. The van der Waals surface area contributed by atoms with Crippen LogP contribution in [0, 0.1) is 0 Å². The molecular weight excluding hydrogens is 455 g/mol. The third-order valence-corrected chi connectivity index (χ3v) is 4.44. The molecule has 1 aromatic carbocycles. The Morgan fingerprint density at radius 3 is 2.69 bits per heavy atom. The average Bonchev–Trinajstić information content (AvgIpc) is 3.14. The van der Waals surface area contributed by atoms with Gasteiger partial charge in [-0.25, -0.2) is 14.8 Å². The summed E-state index contributed by atoms with van der Waals surface area (Å²) in [6, 6.07) is 4.11. The second-order valence-corrected chi connectivity index (χ2v) is 6.97. The van der Waals surface area contributed by atoms with Gasteiger partial charge in [-0.15, -0.1) is 0 Å². The second kappa shape index (κ2) is 9.43. The fourth-order valence-electron chi connectivity index (χ4n) is 2.69. The number of hydrogen-bond donors (Lipinski definition) is 1. The van der Waals surface area contributed by atoms with Crippen LogP contribution in [-0.2, 0) is 11.3 Å². The van der Waals surface area contributed by atoms with E-state index >= 15 is 0 Å². The Hall–Kier alpha value is -3.34. The summed E-state index contributed by atoms with van der Waals surface area (Å²) in [7, 11) is 0. The van der Waals surface area contributed by atoms with E-state index in [4.69, 9.17) is 20.8 Å². The Morgan fingerprint density at radius 1 is 1.25 bits per heavy atom. The SMILES string of the molecule is CCOc1ncncc1C(=O)NCc1cc2cc(Cl)cc(C(=O)O[C@H](C)C(F)(F)F)c2o1. The highest BCUT2D eigenvalue weighted by Gasteiger charge is 2.39. The van der Waals surface area contributed by atoms with Crippen molar-refractivity contribution in [3.8, 4) is 5.88 Å². The molecule has 3 aromatic rings. The minimum atomic E-state index is -4.71. The second-order valence-electron chi connectivity index (χ2n) is 6.53. The van der Waals surface area contributed by atoms with Gasteiger partial charge in [0.1, 0.15) is 28.8 Å². The van der Waals surface area contributed by atoms with Crippen LogP contribution in [0.4, 0.5) is 13.2 Å². The maximum absolute atomic E-state index is 12.7. The van der Waals surface area contributed by atoms with E-state index in [0.29, 0.717) is 18.9 Å². The molecule has 0 aliphatic carbocycles. The number of carbonyl (C=O) groups excluding carboxylic acids is 2. The highest BCUT2D eigenvalue weighted by atomic mass is 35.5. The van der Waals surface area contributed by atoms with Crippen molar-refractivity contribution in [2.75, 3.05) is 6.61 Å². The van der Waals surface area contributed by atoms with Gasteiger partial charge in [0, 0.05) is 16.6 Å². The average molecular weight is 472 g/mol. The third kappa shape index (κ3) is 5.28. The Balaban J connectivity index is 1.81. The van der Waals surface area contributed by atoms with Crippen LogP contribution in [0.25, 0.3) is 11.0 Å². The number of amides is 1. The zero-order valence-electron chi connectivity index (χ0n) is 16.8. The van der Waals surface area contributed by atoms with Crippen LogP contribution in [0.1, 0.15) is 40.3 Å². The largest absolute Gasteiger partial charge is 0.477 e. The lowest BCUT2D eigenvalue weighted by atomic mass is 10.1. The summed E-state index contributed by atoms with van der Waals surface area (Å²) in [5, 5.41) is 3.05. The van der Waals surface area contributed by atoms with Crippen molar-refractivity contribution in [2.24, 2.45) is 0 Å². The van der Waals surface area contributed by atoms with Crippen molar-refractivity contribution in [2.45, 2.75) is 32.7 Å². The number of furan rings is 1. The summed E-state index contributed by atoms with van der Waals surface area (Å²) in [4.78, 5) is 32.4. The van der Waals surface area contributed by atoms with Gasteiger partial charge in [-0.1, -0.05) is 11.6 Å². The zero-order valence-corrected chi connectivity index (χ0v) is 17.6. The topological polar surface area (TPSA) is 104 Å². The first-order valence-corrected chi connectivity index (χ1v) is 9.68. The molecule has 0 saturated carbocycles. The van der Waals surface area contributed by atoms with Gasteiger partial charge in [0.15, 0.2) is 6.10 Å². The zero-order chi connectivity index (χ0) is 23.5. The molecule has 0 saturated heterocycles. The van der Waals surface area contributed by atoms with Crippen molar-refractivity contribution >= 4 is 34.4 Å². The Kier molecular flexibility index (Phi) is 6.87. The predicted octanol–water partition coefficient (Wildman–Crippen LogP) is 4.31. The number of fused-ring (bicyclic) bond motifs is 1. The number of benzene rings is 1. The number of alkyl halides is 3. The number of rotatable bonds is 7. The van der Waals surface area contributed by atoms with Gasteiger partial charge in [0.25, 0.3) is 5.91 Å². The summed E-state index contributed by atoms with van der Waals surface area (Å²) in [6.07, 6.45) is -4.49. The van der Waals surface area contributed by atoms with Crippen LogP contribution < -0.4 is 10.1 Å². The van der Waals surface area contributed by atoms with Gasteiger partial charge in [-0.05, 0) is 32.0 Å². The molecule has 2 heterocycles. The molecule has 2 aromatic heterocycles. The van der Waals surface area contributed by atoms with E-state index < -0.39 is 24.2 Å². The van der Waals surface area contributed by atoms with Crippen LogP contribution in [0.5, 0.6) is 5.88 Å². The molecule has 1 N–H and O–H groups in total. The lowest BCUT2D eigenvalue weighted by Gasteiger charge is -2.16. The van der Waals surface area contributed by atoms with Gasteiger partial charge in [0.2, 0.25) is 5.88 Å². The molecule has 1 atom stereocenters. The molecule has 170 valence electrons. The molecule has 0 bridgehead atoms. The van der Waals surface area contributed by atoms with Crippen molar-refractivity contribution in [1.82, 2.24) is 15.3 Å². The van der Waals surface area contributed by atoms with Crippen LogP contribution >= 0.6 is 11.6 Å². The van der Waals surface area contributed by atoms with Crippen molar-refractivity contribution in [3.63, 3.8) is 0 Å². The lowest BCUT2D eigenvalue weighted by Crippen LogP contribution is -2.30. The first-order chi connectivity index (χ1) is 15.1. The quantitative estimate of drug-likeness (QED) is 0.512. The fraction of sp³-hybridized carbons (Fsp3) is 0.300. The van der Waals surface area contributed by atoms with Gasteiger partial charge in [-0.2, -0.15) is 13.2 Å². The van der Waals surface area contributed by atoms with Crippen molar-refractivity contribution in [3.05, 3.63) is 52.6 Å². The number of carbonyl (C=O) groups is 2. The molecule has 8 nitrogen and oxygen atoms in total. The summed E-state index contributed by atoms with van der Waals surface area (Å²) in [5.41, 5.74) is -0.175. The van der Waals surface area contributed by atoms with E-state index in [1.54, 1.807) is 6.92 Å². The minimum absolute atomic E-state index is 0.0175. The van der Waals surface area contributed by atoms with Gasteiger partial charge in [-0.3, -0.25) is 4.79 Å². The Morgan fingerprint density at radius 2 is 2.00 bits per heavy atom. The minimum Gasteiger partial charge on any atom is -0.477 e. The fourth-order valence-corrected chi connectivity index (χ4v) is 2.91. The van der Waals surface area contributed by atoms with Gasteiger partial charge < -0.3 is 19.2 Å². The Labute approximate surface area is 184 Å². The molecule has 32 heavy (non-hydrogen) atoms. The molecule has 12 heteroatoms. The number of nitrogens with one attached hydrogen (secondary N) is 1. The summed E-state index contributed by atoms with van der Waals surface area (Å²) in [5.74, 6) is -1.44. The molecule has 0 spiro atoms. The molecule has 0 radical (unpaired) electrons. The van der Waals surface area contributed by atoms with Crippen LogP contribution in [-0.4, -0.2) is 40.7 Å². The van der Waals surface area contributed by atoms with E-state index in [2.05, 4.69) is 20.0 Å². The summed E-state index contributed by atoms with van der Waals surface area (Å²) < 4.78 is 53.6. The number of hydrogen-bond acceptors (Lipinski definition) is 7. The van der Waals surface area contributed by atoms with E-state index in [9.17, 15) is 22.8 Å². The molecule has 3 rings (SSSR count). The monoisotopic (exact) mass is 471 g/mol.